The maximum absolute atomic E-state index is 13.4. The molecule has 0 unspecified atom stereocenters. The lowest BCUT2D eigenvalue weighted by Gasteiger charge is -2.25. The molecule has 0 aliphatic heterocycles. The number of halogens is 2. The molecule has 1 aromatic rings. The Morgan fingerprint density at radius 3 is 2.45 bits per heavy atom. The molecule has 2 rings (SSSR count). The van der Waals surface area contributed by atoms with Crippen LogP contribution < -0.4 is 10.6 Å². The van der Waals surface area contributed by atoms with Crippen LogP contribution in [0.2, 0.25) is 0 Å². The van der Waals surface area contributed by atoms with Crippen LogP contribution in [0.15, 0.2) is 18.2 Å². The van der Waals surface area contributed by atoms with Crippen molar-refractivity contribution < 1.29 is 23.5 Å². The number of hydrogen-bond acceptors (Lipinski definition) is 2. The van der Waals surface area contributed by atoms with Crippen LogP contribution in [0.1, 0.15) is 25.7 Å². The second-order valence-electron chi connectivity index (χ2n) is 4.77. The van der Waals surface area contributed by atoms with Crippen molar-refractivity contribution in [3.05, 3.63) is 29.8 Å². The Balaban J connectivity index is 2.09. The Hall–Kier alpha value is -2.18. The van der Waals surface area contributed by atoms with Gasteiger partial charge in [-0.05, 0) is 25.0 Å². The molecule has 2 amide bonds. The number of aliphatic carboxylic acids is 1. The molecule has 0 aromatic heterocycles. The summed E-state index contributed by atoms with van der Waals surface area (Å²) >= 11 is 0. The SMILES string of the molecule is O=C(Nc1cccc(F)c1F)NC1(C(=O)O)CCCC1. The van der Waals surface area contributed by atoms with Crippen molar-refractivity contribution in [3.8, 4) is 0 Å². The van der Waals surface area contributed by atoms with Crippen LogP contribution >= 0.6 is 0 Å². The Bertz CT molecular complexity index is 542. The standard InChI is InChI=1S/C13H14F2N2O3/c14-8-4-3-5-9(10(8)15)16-12(20)17-13(11(18)19)6-1-2-7-13/h3-5H,1-2,6-7H2,(H,18,19)(H2,16,17,20). The van der Waals surface area contributed by atoms with Gasteiger partial charge in [-0.3, -0.25) is 0 Å². The molecule has 0 heterocycles. The van der Waals surface area contributed by atoms with Gasteiger partial charge in [-0.25, -0.2) is 18.4 Å². The second kappa shape index (κ2) is 5.44. The van der Waals surface area contributed by atoms with Crippen molar-refractivity contribution in [2.24, 2.45) is 0 Å². The third-order valence-corrected chi connectivity index (χ3v) is 3.42. The van der Waals surface area contributed by atoms with Gasteiger partial charge in [0.25, 0.3) is 0 Å². The third kappa shape index (κ3) is 2.71. The average Bonchev–Trinajstić information content (AvgIpc) is 2.85. The average molecular weight is 284 g/mol. The first-order valence-electron chi connectivity index (χ1n) is 6.21. The molecule has 1 aromatic carbocycles. The van der Waals surface area contributed by atoms with Crippen molar-refractivity contribution in [1.29, 1.82) is 0 Å². The van der Waals surface area contributed by atoms with Crippen LogP contribution in [0.25, 0.3) is 0 Å². The van der Waals surface area contributed by atoms with Crippen molar-refractivity contribution >= 4 is 17.7 Å². The molecule has 1 aliphatic rings. The van der Waals surface area contributed by atoms with Crippen molar-refractivity contribution in [2.45, 2.75) is 31.2 Å². The smallest absolute Gasteiger partial charge is 0.329 e. The number of carbonyl (C=O) groups is 2. The molecule has 7 heteroatoms. The maximum atomic E-state index is 13.4. The Labute approximate surface area is 114 Å². The molecule has 0 radical (unpaired) electrons. The molecule has 20 heavy (non-hydrogen) atoms. The zero-order valence-corrected chi connectivity index (χ0v) is 10.6. The van der Waals surface area contributed by atoms with Gasteiger partial charge < -0.3 is 15.7 Å². The number of nitrogens with one attached hydrogen (secondary N) is 2. The molecule has 108 valence electrons. The highest BCUT2D eigenvalue weighted by Crippen LogP contribution is 2.30. The lowest BCUT2D eigenvalue weighted by atomic mass is 9.98. The molecule has 3 N–H and O–H groups in total. The van der Waals surface area contributed by atoms with Crippen LogP contribution in [0.4, 0.5) is 19.3 Å². The number of carboxylic acid groups (broad SMARTS) is 1. The van der Waals surface area contributed by atoms with Gasteiger partial charge in [-0.15, -0.1) is 0 Å². The topological polar surface area (TPSA) is 78.4 Å². The largest absolute Gasteiger partial charge is 0.480 e. The van der Waals surface area contributed by atoms with Crippen molar-refractivity contribution in [1.82, 2.24) is 5.32 Å². The lowest BCUT2D eigenvalue weighted by molar-refractivity contribution is -0.144. The van der Waals surface area contributed by atoms with E-state index in [4.69, 9.17) is 0 Å². The molecule has 0 bridgehead atoms. The number of hydrogen-bond donors (Lipinski definition) is 3. The summed E-state index contributed by atoms with van der Waals surface area (Å²) in [5, 5.41) is 13.7. The first kappa shape index (κ1) is 14.2. The number of anilines is 1. The van der Waals surface area contributed by atoms with E-state index in [-0.39, 0.29) is 5.69 Å². The summed E-state index contributed by atoms with van der Waals surface area (Å²) in [5.41, 5.74) is -1.66. The van der Waals surface area contributed by atoms with E-state index in [1.807, 2.05) is 0 Å². The molecule has 0 spiro atoms. The summed E-state index contributed by atoms with van der Waals surface area (Å²) < 4.78 is 26.4. The Morgan fingerprint density at radius 1 is 1.20 bits per heavy atom. The summed E-state index contributed by atoms with van der Waals surface area (Å²) in [4.78, 5) is 23.0. The van der Waals surface area contributed by atoms with Gasteiger partial charge in [-0.1, -0.05) is 18.9 Å². The molecular formula is C13H14F2N2O3. The zero-order chi connectivity index (χ0) is 14.8. The highest BCUT2D eigenvalue weighted by atomic mass is 19.2. The monoisotopic (exact) mass is 284 g/mol. The van der Waals surface area contributed by atoms with E-state index in [9.17, 15) is 23.5 Å². The summed E-state index contributed by atoms with van der Waals surface area (Å²) in [5.74, 6) is -3.39. The lowest BCUT2D eigenvalue weighted by Crippen LogP contribution is -2.53. The highest BCUT2D eigenvalue weighted by Gasteiger charge is 2.42. The van der Waals surface area contributed by atoms with E-state index in [2.05, 4.69) is 10.6 Å². The summed E-state index contributed by atoms with van der Waals surface area (Å²) in [7, 11) is 0. The van der Waals surface area contributed by atoms with Crippen LogP contribution in [0.5, 0.6) is 0 Å². The number of urea groups is 1. The van der Waals surface area contributed by atoms with E-state index in [0.717, 1.165) is 6.07 Å². The number of carbonyl (C=O) groups excluding carboxylic acids is 1. The first-order valence-corrected chi connectivity index (χ1v) is 6.21. The highest BCUT2D eigenvalue weighted by molar-refractivity contribution is 5.94. The number of benzene rings is 1. The molecular weight excluding hydrogens is 270 g/mol. The predicted molar refractivity (Wildman–Crippen MR) is 67.3 cm³/mol. The Kier molecular flexibility index (Phi) is 3.87. The molecule has 1 fully saturated rings. The van der Waals surface area contributed by atoms with Crippen LogP contribution in [0.3, 0.4) is 0 Å². The van der Waals surface area contributed by atoms with E-state index in [1.54, 1.807) is 0 Å². The third-order valence-electron chi connectivity index (χ3n) is 3.42. The first-order chi connectivity index (χ1) is 9.44. The second-order valence-corrected chi connectivity index (χ2v) is 4.77. The fraction of sp³-hybridized carbons (Fsp3) is 0.385. The maximum Gasteiger partial charge on any atom is 0.329 e. The van der Waals surface area contributed by atoms with E-state index in [1.165, 1.54) is 12.1 Å². The minimum atomic E-state index is -1.33. The summed E-state index contributed by atoms with van der Waals surface area (Å²) in [6.45, 7) is 0. The molecule has 5 nitrogen and oxygen atoms in total. The van der Waals surface area contributed by atoms with E-state index in [0.29, 0.717) is 25.7 Å². The zero-order valence-electron chi connectivity index (χ0n) is 10.6. The van der Waals surface area contributed by atoms with Gasteiger partial charge in [0.15, 0.2) is 11.6 Å². The van der Waals surface area contributed by atoms with Crippen LogP contribution in [-0.2, 0) is 4.79 Å². The molecule has 1 aliphatic carbocycles. The molecule has 1 saturated carbocycles. The fourth-order valence-electron chi connectivity index (χ4n) is 2.34. The van der Waals surface area contributed by atoms with Crippen molar-refractivity contribution in [3.63, 3.8) is 0 Å². The number of rotatable bonds is 3. The van der Waals surface area contributed by atoms with Gasteiger partial charge in [-0.2, -0.15) is 0 Å². The molecule has 0 saturated heterocycles. The van der Waals surface area contributed by atoms with Gasteiger partial charge in [0.05, 0.1) is 5.69 Å². The summed E-state index contributed by atoms with van der Waals surface area (Å²) in [6, 6.07) is 2.50. The molecule has 0 atom stereocenters. The minimum absolute atomic E-state index is 0.321. The quantitative estimate of drug-likeness (QED) is 0.798. The van der Waals surface area contributed by atoms with Gasteiger partial charge in [0.2, 0.25) is 0 Å². The summed E-state index contributed by atoms with van der Waals surface area (Å²) in [6.07, 6.45) is 2.03. The Morgan fingerprint density at radius 2 is 1.85 bits per heavy atom. The van der Waals surface area contributed by atoms with Gasteiger partial charge >= 0.3 is 12.0 Å². The normalized spacial score (nSPS) is 16.7. The van der Waals surface area contributed by atoms with E-state index >= 15 is 0 Å². The predicted octanol–water partition coefficient (Wildman–Crippen LogP) is 2.48. The van der Waals surface area contributed by atoms with Gasteiger partial charge in [0.1, 0.15) is 5.54 Å². The minimum Gasteiger partial charge on any atom is -0.480 e. The number of amides is 2. The van der Waals surface area contributed by atoms with Crippen molar-refractivity contribution in [2.75, 3.05) is 5.32 Å². The number of carboxylic acids is 1. The van der Waals surface area contributed by atoms with Crippen LogP contribution in [0, 0.1) is 11.6 Å². The van der Waals surface area contributed by atoms with E-state index < -0.39 is 29.2 Å². The van der Waals surface area contributed by atoms with Crippen LogP contribution in [-0.4, -0.2) is 22.6 Å². The fourth-order valence-corrected chi connectivity index (χ4v) is 2.34. The van der Waals surface area contributed by atoms with Gasteiger partial charge in [0, 0.05) is 0 Å².